The largest absolute Gasteiger partial charge is 0.354 e. The molecule has 1 saturated heterocycles. The van der Waals surface area contributed by atoms with Crippen LogP contribution in [0.15, 0.2) is 23.7 Å². The number of nitrogens with one attached hydrogen (secondary N) is 1. The molecular weight excluding hydrogens is 358 g/mol. The first-order valence-corrected chi connectivity index (χ1v) is 9.54. The van der Waals surface area contributed by atoms with Gasteiger partial charge < -0.3 is 20.0 Å². The highest BCUT2D eigenvalue weighted by Crippen LogP contribution is 2.21. The normalized spacial score (nSPS) is 18.1. The molecule has 2 aromatic rings. The molecule has 3 heterocycles. The van der Waals surface area contributed by atoms with Crippen LogP contribution < -0.4 is 10.2 Å². The van der Waals surface area contributed by atoms with E-state index in [0.717, 1.165) is 37.1 Å². The zero-order valence-electron chi connectivity index (χ0n) is 17.2. The maximum Gasteiger partial charge on any atom is 0.243 e. The van der Waals surface area contributed by atoms with Crippen molar-refractivity contribution in [2.24, 2.45) is 4.99 Å². The number of hydrogen-bond donors (Lipinski definition) is 1. The number of aliphatic imine (C=N–C) groups is 1. The van der Waals surface area contributed by atoms with E-state index in [2.05, 4.69) is 56.1 Å². The lowest BCUT2D eigenvalue weighted by molar-refractivity contribution is -0.127. The summed E-state index contributed by atoms with van der Waals surface area (Å²) >= 11 is 0. The molecule has 3 rings (SSSR count). The molecule has 1 fully saturated rings. The third kappa shape index (κ3) is 4.32. The standard InChI is InChI=1S/C18H29N9O/c1-13(2)22-18(20-10-15(28)24(4)5)25-8-9-27(14(3)11-25)16-17-23-21-12-26(17)7-6-19-16/h6-7,12-14H,8-11H2,1-5H3,(H,20,22). The topological polar surface area (TPSA) is 94.3 Å². The third-order valence-electron chi connectivity index (χ3n) is 4.68. The van der Waals surface area contributed by atoms with Gasteiger partial charge in [0, 0.05) is 58.2 Å². The van der Waals surface area contributed by atoms with Crippen molar-refractivity contribution >= 4 is 23.3 Å². The SMILES string of the molecule is CC(C)NC(=NCC(=O)N(C)C)N1CCN(c2nccn3cnnc23)C(C)C1. The van der Waals surface area contributed by atoms with Gasteiger partial charge in [-0.25, -0.2) is 9.98 Å². The Morgan fingerprint density at radius 2 is 2.18 bits per heavy atom. The first-order valence-electron chi connectivity index (χ1n) is 9.54. The van der Waals surface area contributed by atoms with Crippen molar-refractivity contribution in [3.63, 3.8) is 0 Å². The number of rotatable bonds is 4. The van der Waals surface area contributed by atoms with Crippen molar-refractivity contribution in [2.75, 3.05) is 45.2 Å². The minimum absolute atomic E-state index is 0.0163. The van der Waals surface area contributed by atoms with Gasteiger partial charge in [0.1, 0.15) is 12.9 Å². The number of carbonyl (C=O) groups excluding carboxylic acids is 1. The van der Waals surface area contributed by atoms with Gasteiger partial charge in [-0.1, -0.05) is 0 Å². The minimum atomic E-state index is -0.0163. The molecule has 10 nitrogen and oxygen atoms in total. The Hall–Kier alpha value is -2.91. The Bertz CT molecular complexity index is 844. The fourth-order valence-electron chi connectivity index (χ4n) is 3.19. The quantitative estimate of drug-likeness (QED) is 0.586. The van der Waals surface area contributed by atoms with Gasteiger partial charge in [0.25, 0.3) is 0 Å². The first-order chi connectivity index (χ1) is 13.4. The highest BCUT2D eigenvalue weighted by molar-refractivity contribution is 5.85. The molecule has 10 heteroatoms. The van der Waals surface area contributed by atoms with Crippen LogP contribution in [0, 0.1) is 0 Å². The second kappa shape index (κ2) is 8.41. The average molecular weight is 387 g/mol. The van der Waals surface area contributed by atoms with Crippen LogP contribution in [-0.2, 0) is 4.79 Å². The number of amides is 1. The highest BCUT2D eigenvalue weighted by atomic mass is 16.2. The van der Waals surface area contributed by atoms with Gasteiger partial charge in [-0.05, 0) is 20.8 Å². The summed E-state index contributed by atoms with van der Waals surface area (Å²) in [7, 11) is 3.48. The predicted molar refractivity (Wildman–Crippen MR) is 108 cm³/mol. The summed E-state index contributed by atoms with van der Waals surface area (Å²) in [4.78, 5) is 27.1. The van der Waals surface area contributed by atoms with Gasteiger partial charge in [-0.3, -0.25) is 9.20 Å². The molecule has 0 saturated carbocycles. The zero-order chi connectivity index (χ0) is 20.3. The van der Waals surface area contributed by atoms with Gasteiger partial charge in [-0.2, -0.15) is 0 Å². The van der Waals surface area contributed by atoms with E-state index in [1.54, 1.807) is 31.5 Å². The number of carbonyl (C=O) groups is 1. The fraction of sp³-hybridized carbons (Fsp3) is 0.611. The van der Waals surface area contributed by atoms with E-state index < -0.39 is 0 Å². The molecule has 1 atom stereocenters. The summed E-state index contributed by atoms with van der Waals surface area (Å²) in [5, 5.41) is 11.6. The maximum atomic E-state index is 12.0. The molecular formula is C18H29N9O. The lowest BCUT2D eigenvalue weighted by atomic mass is 10.2. The van der Waals surface area contributed by atoms with Crippen molar-refractivity contribution in [3.8, 4) is 0 Å². The molecule has 28 heavy (non-hydrogen) atoms. The summed E-state index contributed by atoms with van der Waals surface area (Å²) < 4.78 is 1.88. The van der Waals surface area contributed by atoms with Crippen molar-refractivity contribution < 1.29 is 4.79 Å². The Morgan fingerprint density at radius 1 is 1.39 bits per heavy atom. The van der Waals surface area contributed by atoms with Gasteiger partial charge >= 0.3 is 0 Å². The van der Waals surface area contributed by atoms with Crippen molar-refractivity contribution in [3.05, 3.63) is 18.7 Å². The number of piperazine rings is 1. The van der Waals surface area contributed by atoms with Gasteiger partial charge in [0.05, 0.1) is 0 Å². The van der Waals surface area contributed by atoms with Crippen molar-refractivity contribution in [2.45, 2.75) is 32.9 Å². The lowest BCUT2D eigenvalue weighted by Gasteiger charge is -2.42. The van der Waals surface area contributed by atoms with Crippen molar-refractivity contribution in [1.82, 2.24) is 34.7 Å². The maximum absolute atomic E-state index is 12.0. The van der Waals surface area contributed by atoms with Gasteiger partial charge in [-0.15, -0.1) is 10.2 Å². The summed E-state index contributed by atoms with van der Waals surface area (Å²) in [6, 6.07) is 0.431. The smallest absolute Gasteiger partial charge is 0.243 e. The van der Waals surface area contributed by atoms with Crippen LogP contribution in [0.5, 0.6) is 0 Å². The monoisotopic (exact) mass is 387 g/mol. The third-order valence-corrected chi connectivity index (χ3v) is 4.68. The second-order valence-corrected chi connectivity index (χ2v) is 7.53. The van der Waals surface area contributed by atoms with E-state index in [1.807, 2.05) is 10.6 Å². The molecule has 0 aromatic carbocycles. The van der Waals surface area contributed by atoms with E-state index in [1.165, 1.54) is 0 Å². The van der Waals surface area contributed by atoms with Crippen LogP contribution in [0.2, 0.25) is 0 Å². The molecule has 2 aromatic heterocycles. The fourth-order valence-corrected chi connectivity index (χ4v) is 3.19. The lowest BCUT2D eigenvalue weighted by Crippen LogP contribution is -2.57. The number of nitrogens with zero attached hydrogens (tertiary/aromatic N) is 8. The van der Waals surface area contributed by atoms with Crippen LogP contribution >= 0.6 is 0 Å². The molecule has 1 aliphatic heterocycles. The molecule has 1 N–H and O–H groups in total. The Balaban J connectivity index is 1.75. The van der Waals surface area contributed by atoms with E-state index in [4.69, 9.17) is 0 Å². The molecule has 0 spiro atoms. The van der Waals surface area contributed by atoms with E-state index in [0.29, 0.717) is 0 Å². The molecule has 0 aliphatic carbocycles. The number of likely N-dealkylation sites (N-methyl/N-ethyl adjacent to an activating group) is 1. The van der Waals surface area contributed by atoms with Crippen molar-refractivity contribution in [1.29, 1.82) is 0 Å². The van der Waals surface area contributed by atoms with Crippen LogP contribution in [0.1, 0.15) is 20.8 Å². The predicted octanol–water partition coefficient (Wildman–Crippen LogP) is 0.0770. The Morgan fingerprint density at radius 3 is 2.86 bits per heavy atom. The molecule has 1 amide bonds. The number of hydrogen-bond acceptors (Lipinski definition) is 6. The first kappa shape index (κ1) is 19.8. The van der Waals surface area contributed by atoms with Crippen LogP contribution in [0.3, 0.4) is 0 Å². The molecule has 0 radical (unpaired) electrons. The second-order valence-electron chi connectivity index (χ2n) is 7.53. The molecule has 1 aliphatic rings. The molecule has 1 unspecified atom stereocenters. The number of aromatic nitrogens is 4. The minimum Gasteiger partial charge on any atom is -0.354 e. The Kier molecular flexibility index (Phi) is 5.96. The van der Waals surface area contributed by atoms with Gasteiger partial charge in [0.15, 0.2) is 11.8 Å². The molecule has 152 valence electrons. The van der Waals surface area contributed by atoms with E-state index in [9.17, 15) is 4.79 Å². The summed E-state index contributed by atoms with van der Waals surface area (Å²) in [5.74, 6) is 1.59. The zero-order valence-corrected chi connectivity index (χ0v) is 17.2. The average Bonchev–Trinajstić information content (AvgIpc) is 3.13. The summed E-state index contributed by atoms with van der Waals surface area (Å²) in [6.07, 6.45) is 5.30. The molecule has 0 bridgehead atoms. The van der Waals surface area contributed by atoms with Crippen LogP contribution in [0.4, 0.5) is 5.82 Å². The number of anilines is 1. The van der Waals surface area contributed by atoms with Crippen LogP contribution in [0.25, 0.3) is 5.65 Å². The van der Waals surface area contributed by atoms with E-state index in [-0.39, 0.29) is 24.5 Å². The number of fused-ring (bicyclic) bond motifs is 1. The number of guanidine groups is 1. The van der Waals surface area contributed by atoms with Crippen LogP contribution in [-0.4, -0.2) is 93.6 Å². The summed E-state index contributed by atoms with van der Waals surface area (Å²) in [5.41, 5.74) is 0.758. The summed E-state index contributed by atoms with van der Waals surface area (Å²) in [6.45, 7) is 8.75. The highest BCUT2D eigenvalue weighted by Gasteiger charge is 2.28. The Labute approximate surface area is 165 Å². The van der Waals surface area contributed by atoms with E-state index >= 15 is 0 Å². The van der Waals surface area contributed by atoms with Gasteiger partial charge in [0.2, 0.25) is 11.6 Å².